The van der Waals surface area contributed by atoms with Crippen LogP contribution in [0.15, 0.2) is 53.0 Å². The molecule has 0 bridgehead atoms. The van der Waals surface area contributed by atoms with Crippen molar-refractivity contribution in [1.29, 1.82) is 0 Å². The van der Waals surface area contributed by atoms with Crippen molar-refractivity contribution in [2.24, 2.45) is 0 Å². The Hall–Kier alpha value is -2.34. The zero-order valence-corrected chi connectivity index (χ0v) is 14.4. The number of halogens is 1. The molecule has 2 aromatic rings. The van der Waals surface area contributed by atoms with E-state index in [0.717, 1.165) is 10.0 Å². The fraction of sp³-hybridized carbons (Fsp3) is 0.176. The van der Waals surface area contributed by atoms with E-state index in [0.29, 0.717) is 11.3 Å². The molecule has 0 aliphatic rings. The molecule has 0 saturated heterocycles. The zero-order chi connectivity index (χ0) is 16.8. The predicted octanol–water partition coefficient (Wildman–Crippen LogP) is 2.99. The van der Waals surface area contributed by atoms with Crippen molar-refractivity contribution in [3.8, 4) is 5.75 Å². The van der Waals surface area contributed by atoms with Crippen molar-refractivity contribution >= 4 is 27.7 Å². The maximum absolute atomic E-state index is 12.0. The van der Waals surface area contributed by atoms with Crippen molar-refractivity contribution < 1.29 is 14.3 Å². The number of ether oxygens (including phenoxy) is 1. The summed E-state index contributed by atoms with van der Waals surface area (Å²) < 4.78 is 6.43. The van der Waals surface area contributed by atoms with Gasteiger partial charge in [-0.05, 0) is 49.7 Å². The Morgan fingerprint density at radius 2 is 1.70 bits per heavy atom. The second-order valence-electron chi connectivity index (χ2n) is 4.97. The van der Waals surface area contributed by atoms with E-state index in [4.69, 9.17) is 4.74 Å². The van der Waals surface area contributed by atoms with Crippen LogP contribution in [0.5, 0.6) is 5.75 Å². The van der Waals surface area contributed by atoms with E-state index in [2.05, 4.69) is 26.8 Å². The highest BCUT2D eigenvalue weighted by Gasteiger charge is 2.16. The topological polar surface area (TPSA) is 67.4 Å². The van der Waals surface area contributed by atoms with E-state index < -0.39 is 12.0 Å². The van der Waals surface area contributed by atoms with Crippen LogP contribution in [0.3, 0.4) is 0 Å². The standard InChI is InChI=1S/C17H17BrN2O3/c1-11-5-3-4-6-15(11)17(22)20-19-16(21)12(2)23-14-9-7-13(18)8-10-14/h3-10,12H,1-2H3,(H,19,21)(H,20,22)/t12-/m1/s1. The number of hydrogen-bond donors (Lipinski definition) is 2. The van der Waals surface area contributed by atoms with Crippen LogP contribution < -0.4 is 15.6 Å². The fourth-order valence-electron chi connectivity index (χ4n) is 1.89. The summed E-state index contributed by atoms with van der Waals surface area (Å²) in [6.07, 6.45) is -0.742. The van der Waals surface area contributed by atoms with E-state index in [-0.39, 0.29) is 5.91 Å². The number of amides is 2. The third-order valence-electron chi connectivity index (χ3n) is 3.18. The molecule has 2 N–H and O–H groups in total. The van der Waals surface area contributed by atoms with Crippen LogP contribution in [0.4, 0.5) is 0 Å². The number of aryl methyl sites for hydroxylation is 1. The summed E-state index contributed by atoms with van der Waals surface area (Å²) in [6, 6.07) is 14.3. The van der Waals surface area contributed by atoms with Gasteiger partial charge < -0.3 is 4.74 Å². The molecule has 0 aromatic heterocycles. The Morgan fingerprint density at radius 1 is 1.04 bits per heavy atom. The van der Waals surface area contributed by atoms with Gasteiger partial charge in [0.15, 0.2) is 6.10 Å². The van der Waals surface area contributed by atoms with E-state index >= 15 is 0 Å². The van der Waals surface area contributed by atoms with Gasteiger partial charge in [0.25, 0.3) is 11.8 Å². The molecule has 0 spiro atoms. The molecule has 0 heterocycles. The molecule has 2 rings (SSSR count). The summed E-state index contributed by atoms with van der Waals surface area (Å²) >= 11 is 3.33. The summed E-state index contributed by atoms with van der Waals surface area (Å²) in [7, 11) is 0. The van der Waals surface area contributed by atoms with Gasteiger partial charge in [-0.2, -0.15) is 0 Å². The quantitative estimate of drug-likeness (QED) is 0.806. The Kier molecular flexibility index (Phi) is 5.76. The number of nitrogens with one attached hydrogen (secondary N) is 2. The smallest absolute Gasteiger partial charge is 0.279 e. The summed E-state index contributed by atoms with van der Waals surface area (Å²) in [4.78, 5) is 24.0. The van der Waals surface area contributed by atoms with Crippen LogP contribution in [0.2, 0.25) is 0 Å². The van der Waals surface area contributed by atoms with Crippen molar-refractivity contribution in [3.05, 3.63) is 64.1 Å². The average Bonchev–Trinajstić information content (AvgIpc) is 2.54. The molecular formula is C17H17BrN2O3. The summed E-state index contributed by atoms with van der Waals surface area (Å²) in [5.74, 6) is -0.233. The van der Waals surface area contributed by atoms with E-state index in [1.807, 2.05) is 31.2 Å². The molecule has 0 aliphatic carbocycles. The molecule has 120 valence electrons. The second kappa shape index (κ2) is 7.78. The van der Waals surface area contributed by atoms with Gasteiger partial charge in [-0.1, -0.05) is 34.1 Å². The Morgan fingerprint density at radius 3 is 2.35 bits per heavy atom. The third kappa shape index (κ3) is 4.82. The first-order valence-electron chi connectivity index (χ1n) is 7.05. The van der Waals surface area contributed by atoms with Crippen molar-refractivity contribution in [2.75, 3.05) is 0 Å². The maximum Gasteiger partial charge on any atom is 0.279 e. The van der Waals surface area contributed by atoms with Crippen LogP contribution >= 0.6 is 15.9 Å². The van der Waals surface area contributed by atoms with Gasteiger partial charge in [0.1, 0.15) is 5.75 Å². The summed E-state index contributed by atoms with van der Waals surface area (Å²) in [6.45, 7) is 3.44. The molecule has 23 heavy (non-hydrogen) atoms. The average molecular weight is 377 g/mol. The van der Waals surface area contributed by atoms with Gasteiger partial charge in [-0.25, -0.2) is 0 Å². The van der Waals surface area contributed by atoms with Crippen molar-refractivity contribution in [1.82, 2.24) is 10.9 Å². The first-order valence-corrected chi connectivity index (χ1v) is 7.84. The van der Waals surface area contributed by atoms with E-state index in [9.17, 15) is 9.59 Å². The molecule has 0 fully saturated rings. The van der Waals surface area contributed by atoms with Crippen LogP contribution in [-0.2, 0) is 4.79 Å². The lowest BCUT2D eigenvalue weighted by Gasteiger charge is -2.15. The molecular weight excluding hydrogens is 360 g/mol. The minimum Gasteiger partial charge on any atom is -0.481 e. The highest BCUT2D eigenvalue weighted by Crippen LogP contribution is 2.17. The first-order chi connectivity index (χ1) is 11.0. The number of hydrazine groups is 1. The lowest BCUT2D eigenvalue weighted by atomic mass is 10.1. The predicted molar refractivity (Wildman–Crippen MR) is 91.0 cm³/mol. The molecule has 5 nitrogen and oxygen atoms in total. The van der Waals surface area contributed by atoms with Gasteiger partial charge in [0, 0.05) is 10.0 Å². The Labute approximate surface area is 143 Å². The molecule has 2 aromatic carbocycles. The van der Waals surface area contributed by atoms with Crippen LogP contribution in [0.25, 0.3) is 0 Å². The number of carbonyl (C=O) groups is 2. The fourth-order valence-corrected chi connectivity index (χ4v) is 2.15. The molecule has 0 aliphatic heterocycles. The molecule has 0 radical (unpaired) electrons. The van der Waals surface area contributed by atoms with Gasteiger partial charge in [-0.15, -0.1) is 0 Å². The molecule has 0 saturated carbocycles. The second-order valence-corrected chi connectivity index (χ2v) is 5.89. The van der Waals surface area contributed by atoms with Crippen LogP contribution in [0, 0.1) is 6.92 Å². The highest BCUT2D eigenvalue weighted by molar-refractivity contribution is 9.10. The summed E-state index contributed by atoms with van der Waals surface area (Å²) in [5.41, 5.74) is 6.10. The van der Waals surface area contributed by atoms with Gasteiger partial charge in [0.2, 0.25) is 0 Å². The first kappa shape index (κ1) is 17.0. The summed E-state index contributed by atoms with van der Waals surface area (Å²) in [5, 5.41) is 0. The normalized spacial score (nSPS) is 11.4. The molecule has 0 unspecified atom stereocenters. The largest absolute Gasteiger partial charge is 0.481 e. The van der Waals surface area contributed by atoms with Gasteiger partial charge in [-0.3, -0.25) is 20.4 Å². The highest BCUT2D eigenvalue weighted by atomic mass is 79.9. The lowest BCUT2D eigenvalue weighted by Crippen LogP contribution is -2.47. The Balaban J connectivity index is 1.87. The Bertz CT molecular complexity index is 701. The number of hydrogen-bond acceptors (Lipinski definition) is 3. The SMILES string of the molecule is Cc1ccccc1C(=O)NNC(=O)[C@@H](C)Oc1ccc(Br)cc1. The number of carbonyl (C=O) groups excluding carboxylic acids is 2. The van der Waals surface area contributed by atoms with Crippen molar-refractivity contribution in [2.45, 2.75) is 20.0 Å². The maximum atomic E-state index is 12.0. The minimum atomic E-state index is -0.742. The molecule has 6 heteroatoms. The van der Waals surface area contributed by atoms with Gasteiger partial charge >= 0.3 is 0 Å². The van der Waals surface area contributed by atoms with E-state index in [1.54, 1.807) is 31.2 Å². The lowest BCUT2D eigenvalue weighted by molar-refractivity contribution is -0.128. The third-order valence-corrected chi connectivity index (χ3v) is 3.71. The molecule has 1 atom stereocenters. The number of rotatable bonds is 4. The van der Waals surface area contributed by atoms with Crippen LogP contribution in [-0.4, -0.2) is 17.9 Å². The minimum absolute atomic E-state index is 0.368. The monoisotopic (exact) mass is 376 g/mol. The molecule has 2 amide bonds. The van der Waals surface area contributed by atoms with Gasteiger partial charge in [0.05, 0.1) is 0 Å². The van der Waals surface area contributed by atoms with Crippen LogP contribution in [0.1, 0.15) is 22.8 Å². The number of benzene rings is 2. The van der Waals surface area contributed by atoms with E-state index in [1.165, 1.54) is 0 Å². The zero-order valence-electron chi connectivity index (χ0n) is 12.8. The van der Waals surface area contributed by atoms with Crippen molar-refractivity contribution in [3.63, 3.8) is 0 Å².